The van der Waals surface area contributed by atoms with Crippen LogP contribution < -0.4 is 5.32 Å². The highest BCUT2D eigenvalue weighted by molar-refractivity contribution is 7.99. The van der Waals surface area contributed by atoms with E-state index in [9.17, 15) is 9.59 Å². The highest BCUT2D eigenvalue weighted by Gasteiger charge is 2.26. The van der Waals surface area contributed by atoms with E-state index < -0.39 is 12.0 Å². The van der Waals surface area contributed by atoms with Crippen LogP contribution in [0.1, 0.15) is 26.7 Å². The zero-order chi connectivity index (χ0) is 14.0. The van der Waals surface area contributed by atoms with E-state index in [1.165, 1.54) is 18.9 Å². The molecule has 106 valence electrons. The van der Waals surface area contributed by atoms with Crippen LogP contribution in [0.15, 0.2) is 0 Å². The first kappa shape index (κ1) is 17.2. The molecule has 0 aromatic carbocycles. The predicted octanol–water partition coefficient (Wildman–Crippen LogP) is 0.806. The minimum absolute atomic E-state index is 0.0452. The largest absolute Gasteiger partial charge is 0.467 e. The molecule has 18 heavy (non-hydrogen) atoms. The minimum Gasteiger partial charge on any atom is -0.467 e. The van der Waals surface area contributed by atoms with Gasteiger partial charge in [-0.1, -0.05) is 20.3 Å². The smallest absolute Gasteiger partial charge is 0.328 e. The van der Waals surface area contributed by atoms with Crippen molar-refractivity contribution in [3.63, 3.8) is 0 Å². The molecule has 0 bridgehead atoms. The number of aliphatic hydroxyl groups excluding tert-OH is 1. The zero-order valence-electron chi connectivity index (χ0n) is 11.3. The van der Waals surface area contributed by atoms with Crippen LogP contribution in [0.3, 0.4) is 0 Å². The second-order valence-electron chi connectivity index (χ2n) is 4.08. The standard InChI is InChI=1S/C12H23NO4S/c1-4-9(2)11(12(16)17-3)13-10(15)8-18-7-5-6-14/h9,11,14H,4-8H2,1-3H3,(H,13,15). The van der Waals surface area contributed by atoms with Crippen LogP contribution in [-0.4, -0.2) is 48.2 Å². The molecule has 5 nitrogen and oxygen atoms in total. The first-order valence-electron chi connectivity index (χ1n) is 6.12. The Morgan fingerprint density at radius 2 is 2.11 bits per heavy atom. The summed E-state index contributed by atoms with van der Waals surface area (Å²) in [5.41, 5.74) is 0. The van der Waals surface area contributed by atoms with Crippen LogP contribution in [0.2, 0.25) is 0 Å². The highest BCUT2D eigenvalue weighted by Crippen LogP contribution is 2.10. The van der Waals surface area contributed by atoms with E-state index >= 15 is 0 Å². The number of hydrogen-bond donors (Lipinski definition) is 2. The summed E-state index contributed by atoms with van der Waals surface area (Å²) in [6.45, 7) is 4.00. The van der Waals surface area contributed by atoms with Crippen LogP contribution in [0, 0.1) is 5.92 Å². The first-order valence-corrected chi connectivity index (χ1v) is 7.28. The maximum absolute atomic E-state index is 11.7. The number of thioether (sulfide) groups is 1. The van der Waals surface area contributed by atoms with Gasteiger partial charge in [-0.05, 0) is 18.1 Å². The average Bonchev–Trinajstić information content (AvgIpc) is 2.39. The minimum atomic E-state index is -0.578. The van der Waals surface area contributed by atoms with Gasteiger partial charge in [-0.15, -0.1) is 0 Å². The summed E-state index contributed by atoms with van der Waals surface area (Å²) >= 11 is 1.44. The number of methoxy groups -OCH3 is 1. The van der Waals surface area contributed by atoms with Crippen LogP contribution in [0.25, 0.3) is 0 Å². The van der Waals surface area contributed by atoms with Gasteiger partial charge in [-0.25, -0.2) is 4.79 Å². The molecule has 0 aliphatic carbocycles. The summed E-state index contributed by atoms with van der Waals surface area (Å²) in [7, 11) is 1.32. The number of hydrogen-bond acceptors (Lipinski definition) is 5. The van der Waals surface area contributed by atoms with Crippen molar-refractivity contribution in [1.29, 1.82) is 0 Å². The lowest BCUT2D eigenvalue weighted by Crippen LogP contribution is -2.46. The molecule has 0 saturated heterocycles. The lowest BCUT2D eigenvalue weighted by Gasteiger charge is -2.21. The number of aliphatic hydroxyl groups is 1. The Kier molecular flexibility index (Phi) is 9.77. The van der Waals surface area contributed by atoms with Gasteiger partial charge in [-0.3, -0.25) is 4.79 Å². The fourth-order valence-corrected chi connectivity index (χ4v) is 2.09. The first-order chi connectivity index (χ1) is 8.56. The molecule has 1 amide bonds. The third-order valence-corrected chi connectivity index (χ3v) is 3.71. The lowest BCUT2D eigenvalue weighted by molar-refractivity contribution is -0.146. The van der Waals surface area contributed by atoms with Gasteiger partial charge in [0, 0.05) is 6.61 Å². The highest BCUT2D eigenvalue weighted by atomic mass is 32.2. The summed E-state index contributed by atoms with van der Waals surface area (Å²) in [4.78, 5) is 23.2. The van der Waals surface area contributed by atoms with Crippen LogP contribution in [0.4, 0.5) is 0 Å². The molecule has 0 heterocycles. The number of carbonyl (C=O) groups excluding carboxylic acids is 2. The van der Waals surface area contributed by atoms with Crippen LogP contribution >= 0.6 is 11.8 Å². The summed E-state index contributed by atoms with van der Waals surface area (Å²) < 4.78 is 4.69. The molecule has 2 atom stereocenters. The quantitative estimate of drug-likeness (QED) is 0.482. The van der Waals surface area contributed by atoms with Crippen LogP contribution in [0.5, 0.6) is 0 Å². The van der Waals surface area contributed by atoms with Crippen molar-refractivity contribution < 1.29 is 19.4 Å². The third kappa shape index (κ3) is 6.86. The van der Waals surface area contributed by atoms with Crippen molar-refractivity contribution in [3.05, 3.63) is 0 Å². The number of amides is 1. The molecule has 0 aliphatic rings. The Bertz CT molecular complexity index is 260. The van der Waals surface area contributed by atoms with Gasteiger partial charge in [-0.2, -0.15) is 11.8 Å². The van der Waals surface area contributed by atoms with Crippen LogP contribution in [-0.2, 0) is 14.3 Å². The number of ether oxygens (including phenoxy) is 1. The van der Waals surface area contributed by atoms with Crippen molar-refractivity contribution in [1.82, 2.24) is 5.32 Å². The van der Waals surface area contributed by atoms with Crippen molar-refractivity contribution >= 4 is 23.6 Å². The summed E-state index contributed by atoms with van der Waals surface area (Å²) in [6, 6.07) is -0.578. The van der Waals surface area contributed by atoms with E-state index in [1.807, 2.05) is 13.8 Å². The molecule has 6 heteroatoms. The van der Waals surface area contributed by atoms with Gasteiger partial charge in [0.05, 0.1) is 12.9 Å². The molecule has 2 unspecified atom stereocenters. The second kappa shape index (κ2) is 10.2. The van der Waals surface area contributed by atoms with Gasteiger partial charge < -0.3 is 15.2 Å². The molecule has 0 saturated carbocycles. The molecule has 0 fully saturated rings. The summed E-state index contributed by atoms with van der Waals surface area (Å²) in [6.07, 6.45) is 1.46. The molecule has 2 N–H and O–H groups in total. The Labute approximate surface area is 113 Å². The van der Waals surface area contributed by atoms with Crippen molar-refractivity contribution in [2.24, 2.45) is 5.92 Å². The zero-order valence-corrected chi connectivity index (χ0v) is 12.1. The van der Waals surface area contributed by atoms with Gasteiger partial charge in [0.15, 0.2) is 0 Å². The Morgan fingerprint density at radius 1 is 1.44 bits per heavy atom. The molecule has 0 rings (SSSR count). The van der Waals surface area contributed by atoms with Gasteiger partial charge in [0.1, 0.15) is 6.04 Å². The topological polar surface area (TPSA) is 75.6 Å². The molecule has 0 aliphatic heterocycles. The average molecular weight is 277 g/mol. The van der Waals surface area contributed by atoms with E-state index in [1.54, 1.807) is 0 Å². The predicted molar refractivity (Wildman–Crippen MR) is 72.4 cm³/mol. The number of nitrogens with one attached hydrogen (secondary N) is 1. The normalized spacial score (nSPS) is 13.8. The lowest BCUT2D eigenvalue weighted by atomic mass is 9.99. The van der Waals surface area contributed by atoms with E-state index in [-0.39, 0.29) is 18.4 Å². The molecule has 0 radical (unpaired) electrons. The number of rotatable bonds is 9. The molecule has 0 spiro atoms. The fraction of sp³-hybridized carbons (Fsp3) is 0.833. The van der Waals surface area contributed by atoms with Gasteiger partial charge in [0.25, 0.3) is 0 Å². The second-order valence-corrected chi connectivity index (χ2v) is 5.19. The maximum atomic E-state index is 11.7. The van der Waals surface area contributed by atoms with Crippen molar-refractivity contribution in [2.45, 2.75) is 32.7 Å². The van der Waals surface area contributed by atoms with Crippen molar-refractivity contribution in [3.8, 4) is 0 Å². The van der Waals surface area contributed by atoms with E-state index in [2.05, 4.69) is 10.1 Å². The monoisotopic (exact) mass is 277 g/mol. The van der Waals surface area contributed by atoms with Crippen molar-refractivity contribution in [2.75, 3.05) is 25.2 Å². The summed E-state index contributed by atoms with van der Waals surface area (Å²) in [5, 5.41) is 11.3. The molecular formula is C12H23NO4S. The SMILES string of the molecule is CCC(C)C(NC(=O)CSCCCO)C(=O)OC. The van der Waals surface area contributed by atoms with E-state index in [0.29, 0.717) is 12.2 Å². The molecule has 0 aromatic heterocycles. The Hall–Kier alpha value is -0.750. The third-order valence-electron chi connectivity index (χ3n) is 2.66. The summed E-state index contributed by atoms with van der Waals surface area (Å²) in [5.74, 6) is 0.496. The van der Waals surface area contributed by atoms with E-state index in [0.717, 1.165) is 12.2 Å². The molecule has 0 aromatic rings. The Balaban J connectivity index is 4.15. The van der Waals surface area contributed by atoms with Gasteiger partial charge >= 0.3 is 5.97 Å². The van der Waals surface area contributed by atoms with E-state index in [4.69, 9.17) is 5.11 Å². The van der Waals surface area contributed by atoms with Gasteiger partial charge in [0.2, 0.25) is 5.91 Å². The fourth-order valence-electron chi connectivity index (χ4n) is 1.34. The maximum Gasteiger partial charge on any atom is 0.328 e. The Morgan fingerprint density at radius 3 is 2.61 bits per heavy atom. The molecular weight excluding hydrogens is 254 g/mol. The number of carbonyl (C=O) groups is 2. The number of esters is 1.